The molecule has 114 valence electrons. The molecule has 1 aromatic heterocycles. The van der Waals surface area contributed by atoms with Crippen molar-refractivity contribution in [2.75, 3.05) is 5.32 Å². The van der Waals surface area contributed by atoms with Gasteiger partial charge in [0.05, 0.1) is 12.6 Å². The third-order valence-electron chi connectivity index (χ3n) is 2.68. The van der Waals surface area contributed by atoms with E-state index < -0.39 is 0 Å². The van der Waals surface area contributed by atoms with Crippen LogP contribution < -0.4 is 15.8 Å². The molecule has 1 aromatic carbocycles. The minimum atomic E-state index is 0.148. The summed E-state index contributed by atoms with van der Waals surface area (Å²) in [5, 5.41) is 11.8. The highest BCUT2D eigenvalue weighted by Gasteiger charge is 2.01. The number of guanidine groups is 1. The molecule has 0 fully saturated rings. The summed E-state index contributed by atoms with van der Waals surface area (Å²) in [4.78, 5) is 5.94. The molecule has 0 aliphatic carbocycles. The average molecular weight is 314 g/mol. The van der Waals surface area contributed by atoms with E-state index in [1.54, 1.807) is 6.07 Å². The number of nitrogens with one attached hydrogen (secondary N) is 1. The minimum Gasteiger partial charge on any atom is -0.491 e. The molecule has 0 radical (unpaired) electrons. The van der Waals surface area contributed by atoms with Gasteiger partial charge >= 0.3 is 0 Å². The third-order valence-corrected chi connectivity index (χ3v) is 3.65. The van der Waals surface area contributed by atoms with Gasteiger partial charge in [-0.3, -0.25) is 0 Å². The number of rotatable bonds is 5. The van der Waals surface area contributed by atoms with Gasteiger partial charge in [-0.25, -0.2) is 4.99 Å². The minimum absolute atomic E-state index is 0.148. The molecule has 2 rings (SSSR count). The second-order valence-electron chi connectivity index (χ2n) is 4.90. The van der Waals surface area contributed by atoms with Crippen LogP contribution in [0.15, 0.2) is 41.4 Å². The summed E-state index contributed by atoms with van der Waals surface area (Å²) in [5.41, 5.74) is 6.71. The van der Waals surface area contributed by atoms with Gasteiger partial charge in [-0.15, -0.1) is 11.3 Å². The summed E-state index contributed by atoms with van der Waals surface area (Å²) < 4.78 is 5.58. The first-order valence-corrected chi connectivity index (χ1v) is 7.71. The number of nitriles is 1. The Balaban J connectivity index is 1.91. The Morgan fingerprint density at radius 2 is 2.05 bits per heavy atom. The Morgan fingerprint density at radius 1 is 1.32 bits per heavy atom. The largest absolute Gasteiger partial charge is 0.491 e. The van der Waals surface area contributed by atoms with Crippen LogP contribution >= 0.6 is 11.3 Å². The maximum absolute atomic E-state index is 8.78. The molecule has 2 aromatic rings. The quantitative estimate of drug-likeness (QED) is 0.655. The number of nitrogens with zero attached hydrogens (tertiary/aromatic N) is 2. The molecular weight excluding hydrogens is 296 g/mol. The van der Waals surface area contributed by atoms with Gasteiger partial charge in [-0.05, 0) is 50.2 Å². The molecule has 0 unspecified atom stereocenters. The SMILES string of the molecule is CC(C)Oc1ccc(NC(N)=NCc2ccc(C#N)s2)cc1. The highest BCUT2D eigenvalue weighted by molar-refractivity contribution is 7.12. The zero-order valence-corrected chi connectivity index (χ0v) is 13.4. The van der Waals surface area contributed by atoms with Crippen molar-refractivity contribution in [3.8, 4) is 11.8 Å². The van der Waals surface area contributed by atoms with Crippen LogP contribution in [0.25, 0.3) is 0 Å². The molecular formula is C16H18N4OS. The number of benzene rings is 1. The van der Waals surface area contributed by atoms with Crippen LogP contribution in [0.2, 0.25) is 0 Å². The highest BCUT2D eigenvalue weighted by atomic mass is 32.1. The zero-order chi connectivity index (χ0) is 15.9. The second kappa shape index (κ2) is 7.48. The summed E-state index contributed by atoms with van der Waals surface area (Å²) >= 11 is 1.42. The number of thiophene rings is 1. The van der Waals surface area contributed by atoms with Gasteiger partial charge in [-0.2, -0.15) is 5.26 Å². The van der Waals surface area contributed by atoms with E-state index in [0.717, 1.165) is 16.3 Å². The van der Waals surface area contributed by atoms with Crippen LogP contribution in [0.1, 0.15) is 23.6 Å². The predicted molar refractivity (Wildman–Crippen MR) is 90.2 cm³/mol. The molecule has 0 saturated heterocycles. The van der Waals surface area contributed by atoms with Gasteiger partial charge in [0.1, 0.15) is 16.7 Å². The maximum Gasteiger partial charge on any atom is 0.193 e. The van der Waals surface area contributed by atoms with E-state index in [1.165, 1.54) is 11.3 Å². The first-order chi connectivity index (χ1) is 10.6. The first kappa shape index (κ1) is 15.9. The molecule has 0 atom stereocenters. The summed E-state index contributed by atoms with van der Waals surface area (Å²) in [6.45, 7) is 4.43. The van der Waals surface area contributed by atoms with Crippen LogP contribution in [0.3, 0.4) is 0 Å². The molecule has 0 aliphatic heterocycles. The molecule has 3 N–H and O–H groups in total. The van der Waals surface area contributed by atoms with E-state index in [9.17, 15) is 0 Å². The van der Waals surface area contributed by atoms with Crippen molar-refractivity contribution < 1.29 is 4.74 Å². The van der Waals surface area contributed by atoms with E-state index in [-0.39, 0.29) is 6.10 Å². The van der Waals surface area contributed by atoms with Gasteiger partial charge in [0.2, 0.25) is 0 Å². The summed E-state index contributed by atoms with van der Waals surface area (Å²) in [6.07, 6.45) is 0.148. The fourth-order valence-electron chi connectivity index (χ4n) is 1.76. The van der Waals surface area contributed by atoms with E-state index >= 15 is 0 Å². The van der Waals surface area contributed by atoms with Gasteiger partial charge in [0.15, 0.2) is 5.96 Å². The molecule has 5 nitrogen and oxygen atoms in total. The summed E-state index contributed by atoms with van der Waals surface area (Å²) in [6, 6.07) is 13.3. The van der Waals surface area contributed by atoms with E-state index in [2.05, 4.69) is 16.4 Å². The Labute approximate surface area is 134 Å². The van der Waals surface area contributed by atoms with Crippen molar-refractivity contribution in [2.45, 2.75) is 26.5 Å². The zero-order valence-electron chi connectivity index (χ0n) is 12.5. The Bertz CT molecular complexity index is 683. The Morgan fingerprint density at radius 3 is 2.64 bits per heavy atom. The van der Waals surface area contributed by atoms with Gasteiger partial charge in [0, 0.05) is 10.6 Å². The van der Waals surface area contributed by atoms with Crippen molar-refractivity contribution in [3.63, 3.8) is 0 Å². The second-order valence-corrected chi connectivity index (χ2v) is 6.06. The Hall–Kier alpha value is -2.52. The fraction of sp³-hybridized carbons (Fsp3) is 0.250. The lowest BCUT2D eigenvalue weighted by Gasteiger charge is -2.10. The van der Waals surface area contributed by atoms with Gasteiger partial charge in [0.25, 0.3) is 0 Å². The summed E-state index contributed by atoms with van der Waals surface area (Å²) in [5.74, 6) is 1.16. The van der Waals surface area contributed by atoms with Crippen LogP contribution in [0, 0.1) is 11.3 Å². The number of ether oxygens (including phenoxy) is 1. The van der Waals surface area contributed by atoms with Crippen LogP contribution in [0.4, 0.5) is 5.69 Å². The average Bonchev–Trinajstić information content (AvgIpc) is 2.95. The van der Waals surface area contributed by atoms with E-state index in [4.69, 9.17) is 15.7 Å². The monoisotopic (exact) mass is 314 g/mol. The lowest BCUT2D eigenvalue weighted by atomic mass is 10.3. The van der Waals surface area contributed by atoms with Gasteiger partial charge in [-0.1, -0.05) is 0 Å². The van der Waals surface area contributed by atoms with Crippen molar-refractivity contribution in [1.29, 1.82) is 5.26 Å². The predicted octanol–water partition coefficient (Wildman–Crippen LogP) is 3.33. The van der Waals surface area contributed by atoms with Crippen molar-refractivity contribution in [3.05, 3.63) is 46.2 Å². The molecule has 0 spiro atoms. The topological polar surface area (TPSA) is 83.4 Å². The smallest absolute Gasteiger partial charge is 0.193 e. The van der Waals surface area contributed by atoms with E-state index in [1.807, 2.05) is 44.2 Å². The highest BCUT2D eigenvalue weighted by Crippen LogP contribution is 2.18. The maximum atomic E-state index is 8.78. The number of anilines is 1. The molecule has 0 saturated carbocycles. The molecule has 6 heteroatoms. The molecule has 0 bridgehead atoms. The molecule has 1 heterocycles. The van der Waals surface area contributed by atoms with Crippen molar-refractivity contribution in [2.24, 2.45) is 10.7 Å². The van der Waals surface area contributed by atoms with Crippen LogP contribution in [0.5, 0.6) is 5.75 Å². The third kappa shape index (κ3) is 4.79. The lowest BCUT2D eigenvalue weighted by molar-refractivity contribution is 0.242. The van der Waals surface area contributed by atoms with Crippen molar-refractivity contribution in [1.82, 2.24) is 0 Å². The summed E-state index contributed by atoms with van der Waals surface area (Å²) in [7, 11) is 0. The van der Waals surface area contributed by atoms with Gasteiger partial charge < -0.3 is 15.8 Å². The van der Waals surface area contributed by atoms with E-state index in [0.29, 0.717) is 17.4 Å². The first-order valence-electron chi connectivity index (χ1n) is 6.89. The van der Waals surface area contributed by atoms with Crippen molar-refractivity contribution >= 4 is 23.0 Å². The van der Waals surface area contributed by atoms with Crippen LogP contribution in [-0.2, 0) is 6.54 Å². The number of aliphatic imine (C=N–C) groups is 1. The lowest BCUT2D eigenvalue weighted by Crippen LogP contribution is -2.22. The Kier molecular flexibility index (Phi) is 5.39. The molecule has 22 heavy (non-hydrogen) atoms. The number of hydrogen-bond donors (Lipinski definition) is 2. The molecule has 0 aliphatic rings. The number of nitrogens with two attached hydrogens (primary N) is 1. The number of hydrogen-bond acceptors (Lipinski definition) is 4. The van der Waals surface area contributed by atoms with Crippen LogP contribution in [-0.4, -0.2) is 12.1 Å². The standard InChI is InChI=1S/C16H18N4OS/c1-11(2)21-13-5-3-12(4-6-13)20-16(18)19-10-15-8-7-14(9-17)22-15/h3-8,11H,10H2,1-2H3,(H3,18,19,20). The fourth-order valence-corrected chi connectivity index (χ4v) is 2.49. The molecule has 0 amide bonds. The normalized spacial score (nSPS) is 11.3.